The van der Waals surface area contributed by atoms with Crippen LogP contribution in [0.2, 0.25) is 0 Å². The Morgan fingerprint density at radius 2 is 2.17 bits per heavy atom. The number of aliphatic carboxylic acids is 1. The topological polar surface area (TPSA) is 53.4 Å². The number of carboxylic acid groups (broad SMARTS) is 1. The zero-order valence-electron chi connectivity index (χ0n) is 9.98. The highest BCUT2D eigenvalue weighted by Gasteiger charge is 2.19. The molecule has 0 aliphatic rings. The van der Waals surface area contributed by atoms with Gasteiger partial charge >= 0.3 is 5.97 Å². The van der Waals surface area contributed by atoms with E-state index in [1.807, 2.05) is 42.2 Å². The summed E-state index contributed by atoms with van der Waals surface area (Å²) in [6.07, 6.45) is 1.78. The summed E-state index contributed by atoms with van der Waals surface area (Å²) in [7, 11) is 0. The standard InChI is InChI=1S/C13H14N2O2S/c1-10(12-7-14-9-18-12)15(8-13(16)17)11-5-3-2-4-6-11/h2-7,9-10H,8H2,1H3,(H,16,17). The summed E-state index contributed by atoms with van der Waals surface area (Å²) in [5.74, 6) is -0.838. The van der Waals surface area contributed by atoms with Gasteiger partial charge in [-0.2, -0.15) is 0 Å². The van der Waals surface area contributed by atoms with Gasteiger partial charge in [-0.15, -0.1) is 11.3 Å². The first-order valence-electron chi connectivity index (χ1n) is 5.60. The van der Waals surface area contributed by atoms with Crippen molar-refractivity contribution in [3.63, 3.8) is 0 Å². The van der Waals surface area contributed by atoms with Crippen molar-refractivity contribution in [1.29, 1.82) is 0 Å². The van der Waals surface area contributed by atoms with Crippen molar-refractivity contribution in [2.24, 2.45) is 0 Å². The Bertz CT molecular complexity index is 499. The summed E-state index contributed by atoms with van der Waals surface area (Å²) in [4.78, 5) is 18.0. The Balaban J connectivity index is 2.28. The maximum atomic E-state index is 11.0. The van der Waals surface area contributed by atoms with Gasteiger partial charge in [0.15, 0.2) is 0 Å². The third kappa shape index (κ3) is 2.87. The maximum absolute atomic E-state index is 11.0. The zero-order chi connectivity index (χ0) is 13.0. The Morgan fingerprint density at radius 3 is 2.72 bits per heavy atom. The molecule has 1 aromatic heterocycles. The number of carboxylic acids is 1. The summed E-state index contributed by atoms with van der Waals surface area (Å²) in [6, 6.07) is 9.56. The molecule has 4 nitrogen and oxygen atoms in total. The third-order valence-corrected chi connectivity index (χ3v) is 3.67. The van der Waals surface area contributed by atoms with Crippen LogP contribution in [-0.2, 0) is 4.79 Å². The van der Waals surface area contributed by atoms with E-state index in [9.17, 15) is 4.79 Å². The quantitative estimate of drug-likeness (QED) is 0.900. The number of para-hydroxylation sites is 1. The van der Waals surface area contributed by atoms with E-state index in [0.717, 1.165) is 10.6 Å². The van der Waals surface area contributed by atoms with Crippen LogP contribution < -0.4 is 4.90 Å². The minimum Gasteiger partial charge on any atom is -0.480 e. The van der Waals surface area contributed by atoms with Gasteiger partial charge in [0.25, 0.3) is 0 Å². The van der Waals surface area contributed by atoms with E-state index < -0.39 is 5.97 Å². The van der Waals surface area contributed by atoms with Gasteiger partial charge in [-0.1, -0.05) is 18.2 Å². The van der Waals surface area contributed by atoms with Crippen LogP contribution in [0, 0.1) is 0 Å². The van der Waals surface area contributed by atoms with E-state index in [1.165, 1.54) is 11.3 Å². The van der Waals surface area contributed by atoms with Crippen LogP contribution in [-0.4, -0.2) is 22.6 Å². The summed E-state index contributed by atoms with van der Waals surface area (Å²) >= 11 is 1.54. The zero-order valence-corrected chi connectivity index (χ0v) is 10.8. The molecule has 1 N–H and O–H groups in total. The molecule has 18 heavy (non-hydrogen) atoms. The SMILES string of the molecule is CC(c1cncs1)N(CC(=O)O)c1ccccc1. The van der Waals surface area contributed by atoms with Crippen LogP contribution in [0.3, 0.4) is 0 Å². The second-order valence-electron chi connectivity index (χ2n) is 3.94. The summed E-state index contributed by atoms with van der Waals surface area (Å²) in [5.41, 5.74) is 2.66. The van der Waals surface area contributed by atoms with Gasteiger partial charge in [-0.3, -0.25) is 9.78 Å². The third-order valence-electron chi connectivity index (χ3n) is 2.72. The Morgan fingerprint density at radius 1 is 1.44 bits per heavy atom. The summed E-state index contributed by atoms with van der Waals surface area (Å²) < 4.78 is 0. The normalized spacial score (nSPS) is 12.1. The first-order chi connectivity index (χ1) is 8.68. The molecule has 1 heterocycles. The molecule has 1 unspecified atom stereocenters. The largest absolute Gasteiger partial charge is 0.480 e. The first kappa shape index (κ1) is 12.6. The minimum atomic E-state index is -0.838. The molecule has 2 aromatic rings. The molecule has 5 heteroatoms. The number of hydrogen-bond acceptors (Lipinski definition) is 4. The number of carbonyl (C=O) groups is 1. The lowest BCUT2D eigenvalue weighted by Gasteiger charge is -2.28. The minimum absolute atomic E-state index is 0.00370. The molecule has 0 saturated heterocycles. The van der Waals surface area contributed by atoms with Crippen molar-refractivity contribution in [1.82, 2.24) is 4.98 Å². The second-order valence-corrected chi connectivity index (χ2v) is 4.85. The van der Waals surface area contributed by atoms with Gasteiger partial charge in [-0.05, 0) is 19.1 Å². The van der Waals surface area contributed by atoms with Gasteiger partial charge in [0, 0.05) is 16.8 Å². The second kappa shape index (κ2) is 5.64. The molecular formula is C13H14N2O2S. The molecule has 0 amide bonds. The first-order valence-corrected chi connectivity index (χ1v) is 6.48. The highest BCUT2D eigenvalue weighted by Crippen LogP contribution is 2.28. The highest BCUT2D eigenvalue weighted by molar-refractivity contribution is 7.09. The smallest absolute Gasteiger partial charge is 0.323 e. The van der Waals surface area contributed by atoms with Crippen LogP contribution in [0.1, 0.15) is 17.8 Å². The lowest BCUT2D eigenvalue weighted by molar-refractivity contribution is -0.135. The molecule has 1 atom stereocenters. The van der Waals surface area contributed by atoms with Gasteiger partial charge in [0.2, 0.25) is 0 Å². The Kier molecular flexibility index (Phi) is 3.94. The van der Waals surface area contributed by atoms with Crippen molar-refractivity contribution in [3.8, 4) is 0 Å². The van der Waals surface area contributed by atoms with Crippen molar-refractivity contribution < 1.29 is 9.90 Å². The van der Waals surface area contributed by atoms with Crippen molar-refractivity contribution in [3.05, 3.63) is 46.9 Å². The van der Waals surface area contributed by atoms with Crippen LogP contribution in [0.4, 0.5) is 5.69 Å². The maximum Gasteiger partial charge on any atom is 0.323 e. The molecule has 0 fully saturated rings. The molecule has 0 saturated carbocycles. The van der Waals surface area contributed by atoms with E-state index >= 15 is 0 Å². The molecular weight excluding hydrogens is 248 g/mol. The van der Waals surface area contributed by atoms with E-state index in [1.54, 1.807) is 11.7 Å². The Hall–Kier alpha value is -1.88. The van der Waals surface area contributed by atoms with E-state index in [4.69, 9.17) is 5.11 Å². The van der Waals surface area contributed by atoms with Crippen molar-refractivity contribution >= 4 is 23.0 Å². The number of benzene rings is 1. The average Bonchev–Trinajstić information content (AvgIpc) is 2.90. The monoisotopic (exact) mass is 262 g/mol. The van der Waals surface area contributed by atoms with Crippen LogP contribution in [0.25, 0.3) is 0 Å². The van der Waals surface area contributed by atoms with Crippen LogP contribution in [0.5, 0.6) is 0 Å². The van der Waals surface area contributed by atoms with E-state index in [-0.39, 0.29) is 12.6 Å². The average molecular weight is 262 g/mol. The van der Waals surface area contributed by atoms with Gasteiger partial charge in [0.1, 0.15) is 6.54 Å². The van der Waals surface area contributed by atoms with Gasteiger partial charge in [0.05, 0.1) is 11.6 Å². The lowest BCUT2D eigenvalue weighted by atomic mass is 10.2. The van der Waals surface area contributed by atoms with E-state index in [0.29, 0.717) is 0 Å². The molecule has 0 spiro atoms. The molecule has 0 aliphatic carbocycles. The van der Waals surface area contributed by atoms with Gasteiger partial charge in [-0.25, -0.2) is 0 Å². The molecule has 0 bridgehead atoms. The molecule has 0 aliphatic heterocycles. The fourth-order valence-corrected chi connectivity index (χ4v) is 2.49. The summed E-state index contributed by atoms with van der Waals surface area (Å²) in [6.45, 7) is 1.96. The molecule has 0 radical (unpaired) electrons. The summed E-state index contributed by atoms with van der Waals surface area (Å²) in [5, 5.41) is 9.04. The number of thiazole rings is 1. The highest BCUT2D eigenvalue weighted by atomic mass is 32.1. The number of hydrogen-bond donors (Lipinski definition) is 1. The number of nitrogens with zero attached hydrogens (tertiary/aromatic N) is 2. The number of anilines is 1. The molecule has 2 rings (SSSR count). The van der Waals surface area contributed by atoms with Crippen molar-refractivity contribution in [2.75, 3.05) is 11.4 Å². The lowest BCUT2D eigenvalue weighted by Crippen LogP contribution is -2.31. The number of rotatable bonds is 5. The number of aromatic nitrogens is 1. The van der Waals surface area contributed by atoms with E-state index in [2.05, 4.69) is 4.98 Å². The fraction of sp³-hybridized carbons (Fsp3) is 0.231. The van der Waals surface area contributed by atoms with Gasteiger partial charge < -0.3 is 10.0 Å². The fourth-order valence-electron chi connectivity index (χ4n) is 1.80. The predicted octanol–water partition coefficient (Wildman–Crippen LogP) is 2.80. The van der Waals surface area contributed by atoms with Crippen LogP contribution >= 0.6 is 11.3 Å². The van der Waals surface area contributed by atoms with Crippen molar-refractivity contribution in [2.45, 2.75) is 13.0 Å². The Labute approximate surface area is 110 Å². The van der Waals surface area contributed by atoms with Crippen LogP contribution in [0.15, 0.2) is 42.0 Å². The molecule has 1 aromatic carbocycles. The molecule has 94 valence electrons. The predicted molar refractivity (Wildman–Crippen MR) is 72.0 cm³/mol.